The summed E-state index contributed by atoms with van der Waals surface area (Å²) in [6.07, 6.45) is 0.222. The molecule has 1 heterocycles. The first-order valence-electron chi connectivity index (χ1n) is 10.4. The lowest BCUT2D eigenvalue weighted by Gasteiger charge is -2.31. The number of nitrogens with zero attached hydrogens (tertiary/aromatic N) is 1. The molecule has 0 saturated heterocycles. The maximum Gasteiger partial charge on any atom is 0.162 e. The molecule has 2 atom stereocenters. The summed E-state index contributed by atoms with van der Waals surface area (Å²) in [5.74, 6) is 1.35. The molecule has 2 N–H and O–H groups in total. The Balaban J connectivity index is 1.80. The summed E-state index contributed by atoms with van der Waals surface area (Å²) in [6, 6.07) is 18.9. The van der Waals surface area contributed by atoms with Gasteiger partial charge in [-0.3, -0.25) is 10.3 Å². The van der Waals surface area contributed by atoms with Gasteiger partial charge in [0, 0.05) is 38.8 Å². The average molecular weight is 516 g/mol. The number of ether oxygens (including phenoxy) is 2. The molecule has 3 aromatic carbocycles. The minimum atomic E-state index is -0.373. The van der Waals surface area contributed by atoms with Crippen LogP contribution in [0.1, 0.15) is 42.2 Å². The highest BCUT2D eigenvalue weighted by atomic mass is 79.9. The fraction of sp³-hybridized carbons (Fsp3) is 0.240. The molecule has 0 fully saturated rings. The maximum atomic E-state index is 10.9. The third-order valence-corrected chi connectivity index (χ3v) is 6.16. The van der Waals surface area contributed by atoms with Crippen LogP contribution in [0, 0.1) is 0 Å². The lowest BCUT2D eigenvalue weighted by atomic mass is 9.93. The first-order valence-corrected chi connectivity index (χ1v) is 11.5. The zero-order valence-corrected chi connectivity index (χ0v) is 20.2. The zero-order chi connectivity index (χ0) is 22.7. The highest BCUT2D eigenvalue weighted by molar-refractivity contribution is 9.10. The first-order chi connectivity index (χ1) is 15.5. The number of phenolic OH excluding ortho intramolecular Hbond substituents is 1. The Hall–Kier alpha value is -2.54. The Morgan fingerprint density at radius 3 is 2.59 bits per heavy atom. The zero-order valence-electron chi connectivity index (χ0n) is 17.8. The molecule has 166 valence electrons. The van der Waals surface area contributed by atoms with Gasteiger partial charge in [-0.2, -0.15) is 0 Å². The number of para-hydroxylation sites is 1. The third kappa shape index (κ3) is 4.77. The largest absolute Gasteiger partial charge is 0.504 e. The van der Waals surface area contributed by atoms with Gasteiger partial charge in [0.1, 0.15) is 11.9 Å². The van der Waals surface area contributed by atoms with E-state index in [0.29, 0.717) is 23.8 Å². The van der Waals surface area contributed by atoms with E-state index in [1.165, 1.54) is 0 Å². The Morgan fingerprint density at radius 2 is 1.88 bits per heavy atom. The molecule has 5 nitrogen and oxygen atoms in total. The topological polar surface area (TPSA) is 63.1 Å². The van der Waals surface area contributed by atoms with Crippen molar-refractivity contribution < 1.29 is 14.6 Å². The molecule has 0 bridgehead atoms. The van der Waals surface area contributed by atoms with Gasteiger partial charge in [0.2, 0.25) is 0 Å². The lowest BCUT2D eigenvalue weighted by Crippen LogP contribution is -2.33. The van der Waals surface area contributed by atoms with Gasteiger partial charge in [0.05, 0.1) is 13.7 Å². The first kappa shape index (κ1) is 22.6. The standard InChI is InChI=1S/C25H24BrClN2O3/c1-3-32-23-6-4-5-18(24(23)30)21-14-20(15-7-10-17(27)11-8-15)28-25(29-21)19-13-16(26)9-12-22(19)31-2/h4-13,21,25,29-30H,3,14H2,1-2H3/t21-,25-/m0/s1. The minimum absolute atomic E-state index is 0.143. The summed E-state index contributed by atoms with van der Waals surface area (Å²) in [7, 11) is 1.65. The van der Waals surface area contributed by atoms with Crippen LogP contribution in [0.2, 0.25) is 5.02 Å². The van der Waals surface area contributed by atoms with Crippen molar-refractivity contribution in [3.8, 4) is 17.2 Å². The number of halogens is 2. The highest BCUT2D eigenvalue weighted by Gasteiger charge is 2.30. The van der Waals surface area contributed by atoms with Gasteiger partial charge in [0.15, 0.2) is 11.5 Å². The monoisotopic (exact) mass is 514 g/mol. The molecule has 4 rings (SSSR count). The normalized spacial score (nSPS) is 18.2. The van der Waals surface area contributed by atoms with Crippen LogP contribution in [-0.4, -0.2) is 24.5 Å². The van der Waals surface area contributed by atoms with E-state index in [2.05, 4.69) is 21.2 Å². The van der Waals surface area contributed by atoms with Crippen LogP contribution < -0.4 is 14.8 Å². The Kier molecular flexibility index (Phi) is 7.04. The van der Waals surface area contributed by atoms with E-state index in [1.54, 1.807) is 13.2 Å². The SMILES string of the molecule is CCOc1cccc([C@@H]2CC(c3ccc(Cl)cc3)=N[C@H](c3cc(Br)ccc3OC)N2)c1O. The van der Waals surface area contributed by atoms with E-state index in [1.807, 2.05) is 61.5 Å². The second-order valence-electron chi connectivity index (χ2n) is 7.42. The quantitative estimate of drug-likeness (QED) is 0.397. The fourth-order valence-corrected chi connectivity index (χ4v) is 4.40. The summed E-state index contributed by atoms with van der Waals surface area (Å²) in [4.78, 5) is 5.01. The second-order valence-corrected chi connectivity index (χ2v) is 8.77. The molecule has 0 aromatic heterocycles. The Morgan fingerprint density at radius 1 is 1.09 bits per heavy atom. The van der Waals surface area contributed by atoms with Crippen LogP contribution >= 0.6 is 27.5 Å². The van der Waals surface area contributed by atoms with Crippen molar-refractivity contribution in [2.24, 2.45) is 4.99 Å². The van der Waals surface area contributed by atoms with Crippen LogP contribution in [0.4, 0.5) is 0 Å². The van der Waals surface area contributed by atoms with Gasteiger partial charge >= 0.3 is 0 Å². The van der Waals surface area contributed by atoms with E-state index in [4.69, 9.17) is 26.1 Å². The van der Waals surface area contributed by atoms with Gasteiger partial charge < -0.3 is 14.6 Å². The van der Waals surface area contributed by atoms with Gasteiger partial charge in [-0.1, -0.05) is 51.8 Å². The van der Waals surface area contributed by atoms with Gasteiger partial charge in [-0.25, -0.2) is 0 Å². The number of benzene rings is 3. The Labute approximate surface area is 201 Å². The van der Waals surface area contributed by atoms with Crippen molar-refractivity contribution in [3.05, 3.63) is 86.8 Å². The molecule has 0 unspecified atom stereocenters. The summed E-state index contributed by atoms with van der Waals surface area (Å²) >= 11 is 9.66. The minimum Gasteiger partial charge on any atom is -0.504 e. The van der Waals surface area contributed by atoms with Gasteiger partial charge in [-0.05, 0) is 48.9 Å². The number of hydrogen-bond donors (Lipinski definition) is 2. The molecule has 0 aliphatic carbocycles. The molecular weight excluding hydrogens is 492 g/mol. The van der Waals surface area contributed by atoms with Gasteiger partial charge in [-0.15, -0.1) is 0 Å². The van der Waals surface area contributed by atoms with E-state index in [0.717, 1.165) is 32.6 Å². The van der Waals surface area contributed by atoms with E-state index in [-0.39, 0.29) is 18.0 Å². The van der Waals surface area contributed by atoms with Crippen molar-refractivity contribution in [2.75, 3.05) is 13.7 Å². The third-order valence-electron chi connectivity index (χ3n) is 5.41. The summed E-state index contributed by atoms with van der Waals surface area (Å²) < 4.78 is 12.1. The predicted octanol–water partition coefficient (Wildman–Crippen LogP) is 6.44. The van der Waals surface area contributed by atoms with Crippen molar-refractivity contribution in [1.29, 1.82) is 0 Å². The summed E-state index contributed by atoms with van der Waals surface area (Å²) in [5, 5.41) is 15.2. The molecule has 0 amide bonds. The van der Waals surface area contributed by atoms with Crippen molar-refractivity contribution >= 4 is 33.2 Å². The van der Waals surface area contributed by atoms with Gasteiger partial charge in [0.25, 0.3) is 0 Å². The maximum absolute atomic E-state index is 10.9. The van der Waals surface area contributed by atoms with Crippen LogP contribution in [0.25, 0.3) is 0 Å². The lowest BCUT2D eigenvalue weighted by molar-refractivity contribution is 0.313. The molecular formula is C25H24BrClN2O3. The number of rotatable bonds is 6. The van der Waals surface area contributed by atoms with Crippen LogP contribution in [-0.2, 0) is 0 Å². The molecule has 1 aliphatic rings. The average Bonchev–Trinajstić information content (AvgIpc) is 2.80. The molecule has 1 aliphatic heterocycles. The Bertz CT molecular complexity index is 1130. The number of aromatic hydroxyl groups is 1. The van der Waals surface area contributed by atoms with Crippen molar-refractivity contribution in [1.82, 2.24) is 5.32 Å². The van der Waals surface area contributed by atoms with E-state index < -0.39 is 0 Å². The highest BCUT2D eigenvalue weighted by Crippen LogP contribution is 2.40. The molecule has 3 aromatic rings. The number of methoxy groups -OCH3 is 1. The smallest absolute Gasteiger partial charge is 0.162 e. The number of phenols is 1. The summed E-state index contributed by atoms with van der Waals surface area (Å²) in [6.45, 7) is 2.37. The number of nitrogens with one attached hydrogen (secondary N) is 1. The van der Waals surface area contributed by atoms with Crippen LogP contribution in [0.15, 0.2) is 70.1 Å². The number of aliphatic imine (C=N–C) groups is 1. The molecule has 0 spiro atoms. The fourth-order valence-electron chi connectivity index (χ4n) is 3.89. The second kappa shape index (κ2) is 9.94. The number of hydrogen-bond acceptors (Lipinski definition) is 5. The van der Waals surface area contributed by atoms with E-state index in [9.17, 15) is 5.11 Å². The van der Waals surface area contributed by atoms with E-state index >= 15 is 0 Å². The van der Waals surface area contributed by atoms with Crippen LogP contribution in [0.5, 0.6) is 17.2 Å². The molecule has 7 heteroatoms. The van der Waals surface area contributed by atoms with Crippen molar-refractivity contribution in [2.45, 2.75) is 25.6 Å². The molecule has 32 heavy (non-hydrogen) atoms. The molecule has 0 radical (unpaired) electrons. The summed E-state index contributed by atoms with van der Waals surface area (Å²) in [5.41, 5.74) is 3.56. The predicted molar refractivity (Wildman–Crippen MR) is 131 cm³/mol. The van der Waals surface area contributed by atoms with Crippen molar-refractivity contribution in [3.63, 3.8) is 0 Å². The molecule has 0 saturated carbocycles. The van der Waals surface area contributed by atoms with Crippen LogP contribution in [0.3, 0.4) is 0 Å².